The average molecular weight is 469 g/mol. The van der Waals surface area contributed by atoms with Crippen molar-refractivity contribution in [3.8, 4) is 5.75 Å². The number of likely N-dealkylation sites (tertiary alicyclic amines) is 1. The summed E-state index contributed by atoms with van der Waals surface area (Å²) >= 11 is 6.01. The summed E-state index contributed by atoms with van der Waals surface area (Å²) in [6.07, 6.45) is 4.93. The van der Waals surface area contributed by atoms with Crippen LogP contribution in [0.1, 0.15) is 44.0 Å². The molecule has 1 aromatic rings. The molecule has 2 rings (SSSR count). The first kappa shape index (κ1) is 25.4. The second-order valence-corrected chi connectivity index (χ2v) is 8.81. The number of carbonyl (C=O) groups is 2. The van der Waals surface area contributed by atoms with Gasteiger partial charge in [-0.05, 0) is 39.7 Å². The molecule has 1 heterocycles. The van der Waals surface area contributed by atoms with Gasteiger partial charge in [0.05, 0.1) is 4.92 Å². The molecule has 32 heavy (non-hydrogen) atoms. The van der Waals surface area contributed by atoms with Crippen LogP contribution < -0.4 is 15.8 Å². The standard InChI is InChI=1S/C21H29ClN4O6/c1-21(2,3)32-20(28)24-15-6-9-25(10-7-15)8-4-5-11-31-17-13-14(19(23)27)12-16(18(17)22)26(29)30/h4-5,12-13,15H,6-11H2,1-3H3,(H2,23,27)(H,24,28)/b5-4+. The number of rotatable bonds is 8. The molecule has 0 atom stereocenters. The predicted octanol–water partition coefficient (Wildman–Crippen LogP) is 3.27. The molecule has 0 aliphatic carbocycles. The van der Waals surface area contributed by atoms with E-state index in [9.17, 15) is 19.7 Å². The van der Waals surface area contributed by atoms with Gasteiger partial charge in [0, 0.05) is 37.3 Å². The van der Waals surface area contributed by atoms with Gasteiger partial charge in [-0.3, -0.25) is 19.8 Å². The Morgan fingerprint density at radius 3 is 2.53 bits per heavy atom. The van der Waals surface area contributed by atoms with E-state index in [0.29, 0.717) is 6.54 Å². The lowest BCUT2D eigenvalue weighted by Gasteiger charge is -2.32. The van der Waals surface area contributed by atoms with Crippen molar-refractivity contribution in [3.63, 3.8) is 0 Å². The van der Waals surface area contributed by atoms with Crippen molar-refractivity contribution >= 4 is 29.3 Å². The van der Waals surface area contributed by atoms with E-state index >= 15 is 0 Å². The van der Waals surface area contributed by atoms with E-state index in [1.54, 1.807) is 6.08 Å². The Hall–Kier alpha value is -2.85. The van der Waals surface area contributed by atoms with Crippen molar-refractivity contribution < 1.29 is 24.0 Å². The molecule has 2 amide bonds. The summed E-state index contributed by atoms with van der Waals surface area (Å²) in [4.78, 5) is 35.9. The third-order valence-electron chi connectivity index (χ3n) is 4.68. The second kappa shape index (κ2) is 11.1. The van der Waals surface area contributed by atoms with Gasteiger partial charge in [-0.15, -0.1) is 0 Å². The van der Waals surface area contributed by atoms with Crippen molar-refractivity contribution in [2.45, 2.75) is 45.3 Å². The lowest BCUT2D eigenvalue weighted by atomic mass is 10.1. The highest BCUT2D eigenvalue weighted by atomic mass is 35.5. The van der Waals surface area contributed by atoms with E-state index in [2.05, 4.69) is 10.2 Å². The highest BCUT2D eigenvalue weighted by molar-refractivity contribution is 6.34. The number of nitrogens with one attached hydrogen (secondary N) is 1. The Morgan fingerprint density at radius 1 is 1.31 bits per heavy atom. The minimum Gasteiger partial charge on any atom is -0.488 e. The van der Waals surface area contributed by atoms with Gasteiger partial charge < -0.3 is 20.5 Å². The molecule has 0 spiro atoms. The second-order valence-electron chi connectivity index (χ2n) is 8.43. The number of hydrogen-bond donors (Lipinski definition) is 2. The Labute approximate surface area is 191 Å². The van der Waals surface area contributed by atoms with Crippen LogP contribution >= 0.6 is 11.6 Å². The van der Waals surface area contributed by atoms with Gasteiger partial charge in [0.15, 0.2) is 5.02 Å². The molecule has 0 radical (unpaired) electrons. The summed E-state index contributed by atoms with van der Waals surface area (Å²) in [6, 6.07) is 2.40. The molecule has 1 aliphatic heterocycles. The van der Waals surface area contributed by atoms with Gasteiger partial charge >= 0.3 is 6.09 Å². The number of alkyl carbamates (subject to hydrolysis) is 1. The fourth-order valence-corrected chi connectivity index (χ4v) is 3.36. The maximum absolute atomic E-state index is 11.9. The van der Waals surface area contributed by atoms with Crippen molar-refractivity contribution in [1.29, 1.82) is 0 Å². The first-order valence-corrected chi connectivity index (χ1v) is 10.6. The zero-order valence-corrected chi connectivity index (χ0v) is 19.2. The van der Waals surface area contributed by atoms with Crippen LogP contribution in [0.5, 0.6) is 5.75 Å². The number of amides is 2. The monoisotopic (exact) mass is 468 g/mol. The molecule has 1 fully saturated rings. The molecular weight excluding hydrogens is 440 g/mol. The smallest absolute Gasteiger partial charge is 0.407 e. The van der Waals surface area contributed by atoms with E-state index in [1.807, 2.05) is 26.8 Å². The number of primary amides is 1. The summed E-state index contributed by atoms with van der Waals surface area (Å²) in [5.41, 5.74) is 4.20. The largest absolute Gasteiger partial charge is 0.488 e. The Morgan fingerprint density at radius 2 is 1.97 bits per heavy atom. The summed E-state index contributed by atoms with van der Waals surface area (Å²) in [5.74, 6) is -0.789. The van der Waals surface area contributed by atoms with Crippen LogP contribution in [0, 0.1) is 10.1 Å². The molecule has 11 heteroatoms. The molecule has 1 aromatic carbocycles. The number of nitro benzene ring substituents is 1. The van der Waals surface area contributed by atoms with Crippen LogP contribution in [0.3, 0.4) is 0 Å². The molecule has 1 saturated heterocycles. The van der Waals surface area contributed by atoms with E-state index in [-0.39, 0.29) is 29.0 Å². The third-order valence-corrected chi connectivity index (χ3v) is 5.05. The van der Waals surface area contributed by atoms with Crippen LogP contribution in [-0.2, 0) is 4.74 Å². The highest BCUT2D eigenvalue weighted by Crippen LogP contribution is 2.35. The van der Waals surface area contributed by atoms with E-state index in [1.165, 1.54) is 6.07 Å². The van der Waals surface area contributed by atoms with E-state index < -0.39 is 28.2 Å². The fraction of sp³-hybridized carbons (Fsp3) is 0.524. The highest BCUT2D eigenvalue weighted by Gasteiger charge is 2.23. The average Bonchev–Trinajstić information content (AvgIpc) is 2.68. The Bertz CT molecular complexity index is 876. The lowest BCUT2D eigenvalue weighted by molar-refractivity contribution is -0.384. The van der Waals surface area contributed by atoms with Crippen LogP contribution in [-0.4, -0.2) is 59.7 Å². The quantitative estimate of drug-likeness (QED) is 0.339. The Kier molecular flexibility index (Phi) is 8.85. The number of piperidine rings is 1. The van der Waals surface area contributed by atoms with Crippen molar-refractivity contribution in [2.24, 2.45) is 5.73 Å². The molecule has 0 saturated carbocycles. The zero-order chi connectivity index (χ0) is 23.9. The van der Waals surface area contributed by atoms with Gasteiger partial charge in [-0.25, -0.2) is 4.79 Å². The van der Waals surface area contributed by atoms with Crippen LogP contribution in [0.15, 0.2) is 24.3 Å². The molecule has 0 aromatic heterocycles. The topological polar surface area (TPSA) is 137 Å². The minimum absolute atomic E-state index is 0.0216. The van der Waals surface area contributed by atoms with Crippen LogP contribution in [0.25, 0.3) is 0 Å². The SMILES string of the molecule is CC(C)(C)OC(=O)NC1CCN(C/C=C/COc2cc(C(N)=O)cc([N+](=O)[O-])c2Cl)CC1. The third kappa shape index (κ3) is 8.01. The molecule has 3 N–H and O–H groups in total. The van der Waals surface area contributed by atoms with Gasteiger partial charge in [0.2, 0.25) is 5.91 Å². The molecular formula is C21H29ClN4O6. The minimum atomic E-state index is -0.810. The number of nitro groups is 1. The summed E-state index contributed by atoms with van der Waals surface area (Å²) in [7, 11) is 0. The van der Waals surface area contributed by atoms with Crippen LogP contribution in [0.2, 0.25) is 5.02 Å². The first-order valence-electron chi connectivity index (χ1n) is 10.2. The molecule has 176 valence electrons. The van der Waals surface area contributed by atoms with Crippen LogP contribution in [0.4, 0.5) is 10.5 Å². The fourth-order valence-electron chi connectivity index (χ4n) is 3.13. The predicted molar refractivity (Wildman–Crippen MR) is 120 cm³/mol. The number of carbonyl (C=O) groups excluding carboxylic acids is 2. The first-order chi connectivity index (χ1) is 15.0. The number of nitrogens with zero attached hydrogens (tertiary/aromatic N) is 2. The van der Waals surface area contributed by atoms with Gasteiger partial charge in [-0.1, -0.05) is 23.8 Å². The molecule has 10 nitrogen and oxygen atoms in total. The van der Waals surface area contributed by atoms with E-state index in [4.69, 9.17) is 26.8 Å². The molecule has 1 aliphatic rings. The summed E-state index contributed by atoms with van der Waals surface area (Å²) in [5, 5.41) is 13.8. The van der Waals surface area contributed by atoms with Gasteiger partial charge in [0.25, 0.3) is 5.69 Å². The zero-order valence-electron chi connectivity index (χ0n) is 18.4. The number of nitrogens with two attached hydrogens (primary N) is 1. The number of hydrogen-bond acceptors (Lipinski definition) is 7. The van der Waals surface area contributed by atoms with Crippen molar-refractivity contribution in [2.75, 3.05) is 26.2 Å². The maximum Gasteiger partial charge on any atom is 0.407 e. The van der Waals surface area contributed by atoms with E-state index in [0.717, 1.165) is 32.0 Å². The van der Waals surface area contributed by atoms with Gasteiger partial charge in [0.1, 0.15) is 18.0 Å². The Balaban J connectivity index is 1.78. The molecule has 0 unspecified atom stereocenters. The molecule has 0 bridgehead atoms. The van der Waals surface area contributed by atoms with Crippen molar-refractivity contribution in [3.05, 3.63) is 45.0 Å². The summed E-state index contributed by atoms with van der Waals surface area (Å²) < 4.78 is 10.8. The number of ether oxygens (including phenoxy) is 2. The normalized spacial score (nSPS) is 15.5. The van der Waals surface area contributed by atoms with Gasteiger partial charge in [-0.2, -0.15) is 0 Å². The maximum atomic E-state index is 11.9. The number of halogens is 1. The van der Waals surface area contributed by atoms with Crippen molar-refractivity contribution in [1.82, 2.24) is 10.2 Å². The lowest BCUT2D eigenvalue weighted by Crippen LogP contribution is -2.46. The summed E-state index contributed by atoms with van der Waals surface area (Å²) in [6.45, 7) is 7.95. The number of benzene rings is 1.